The van der Waals surface area contributed by atoms with E-state index >= 15 is 0 Å². The third kappa shape index (κ3) is 7.59. The smallest absolute Gasteiger partial charge is 0.407 e. The third-order valence-electron chi connectivity index (χ3n) is 7.41. The predicted molar refractivity (Wildman–Crippen MR) is 169 cm³/mol. The summed E-state index contributed by atoms with van der Waals surface area (Å²) in [7, 11) is 1.62. The summed E-state index contributed by atoms with van der Waals surface area (Å²) < 4.78 is 15.0. The highest BCUT2D eigenvalue weighted by Gasteiger charge is 2.29. The maximum Gasteiger partial charge on any atom is 0.407 e. The van der Waals surface area contributed by atoms with E-state index < -0.39 is 28.9 Å². The Balaban J connectivity index is 1.67. The number of nitrogens with zero attached hydrogens (tertiary/aromatic N) is 5. The Kier molecular flexibility index (Phi) is 10.0. The Morgan fingerprint density at radius 3 is 2.45 bits per heavy atom. The number of rotatable bonds is 9. The average molecular weight is 609 g/mol. The number of alkyl carbamates (subject to hydrolysis) is 1. The number of aromatic nitrogens is 4. The molecule has 3 heterocycles. The molecule has 0 unspecified atom stereocenters. The first kappa shape index (κ1) is 32.6. The first-order valence-corrected chi connectivity index (χ1v) is 15.1. The lowest BCUT2D eigenvalue weighted by atomic mass is 10.1. The van der Waals surface area contributed by atoms with Crippen LogP contribution in [0.1, 0.15) is 70.3 Å². The van der Waals surface area contributed by atoms with Crippen molar-refractivity contribution in [3.63, 3.8) is 0 Å². The third-order valence-corrected chi connectivity index (χ3v) is 7.41. The fourth-order valence-electron chi connectivity index (χ4n) is 5.26. The molecule has 0 spiro atoms. The van der Waals surface area contributed by atoms with Crippen molar-refractivity contribution in [2.45, 2.75) is 85.5 Å². The van der Waals surface area contributed by atoms with Gasteiger partial charge in [0.15, 0.2) is 11.2 Å². The molecule has 1 fully saturated rings. The number of anilines is 1. The maximum absolute atomic E-state index is 14.0. The summed E-state index contributed by atoms with van der Waals surface area (Å²) in [5, 5.41) is 2.97. The van der Waals surface area contributed by atoms with Gasteiger partial charge in [0.2, 0.25) is 5.95 Å². The van der Waals surface area contributed by atoms with Crippen LogP contribution in [0.5, 0.6) is 0 Å². The van der Waals surface area contributed by atoms with Gasteiger partial charge in [-0.2, -0.15) is 4.98 Å². The van der Waals surface area contributed by atoms with E-state index in [4.69, 9.17) is 14.5 Å². The summed E-state index contributed by atoms with van der Waals surface area (Å²) in [6.07, 6.45) is 3.57. The molecule has 1 aliphatic rings. The van der Waals surface area contributed by atoms with Gasteiger partial charge in [0.25, 0.3) is 5.56 Å². The van der Waals surface area contributed by atoms with E-state index in [0.717, 1.165) is 24.0 Å². The number of aryl methyl sites for hydroxylation is 2. The molecule has 12 nitrogen and oxygen atoms in total. The number of amides is 1. The number of fused-ring (bicyclic) bond motifs is 1. The molecule has 1 aliphatic heterocycles. The normalized spacial score (nSPS) is 15.2. The van der Waals surface area contributed by atoms with Crippen LogP contribution in [-0.4, -0.2) is 62.1 Å². The van der Waals surface area contributed by atoms with E-state index in [0.29, 0.717) is 55.3 Å². The van der Waals surface area contributed by atoms with E-state index in [-0.39, 0.29) is 12.6 Å². The number of nitrogens with one attached hydrogen (secondary N) is 1. The van der Waals surface area contributed by atoms with Gasteiger partial charge < -0.3 is 24.3 Å². The minimum Gasteiger partial charge on any atom is -0.462 e. The molecular formula is C32H44N6O6. The molecule has 0 radical (unpaired) electrons. The largest absolute Gasteiger partial charge is 0.462 e. The van der Waals surface area contributed by atoms with Crippen LogP contribution in [0.3, 0.4) is 0 Å². The molecule has 1 aromatic carbocycles. The lowest BCUT2D eigenvalue weighted by Gasteiger charge is -2.34. The van der Waals surface area contributed by atoms with Gasteiger partial charge in [0.1, 0.15) is 5.60 Å². The maximum atomic E-state index is 14.0. The average Bonchev–Trinajstić information content (AvgIpc) is 3.34. The number of ether oxygens (including phenoxy) is 2. The van der Waals surface area contributed by atoms with E-state index in [2.05, 4.69) is 10.2 Å². The Bertz CT molecular complexity index is 1650. The molecule has 2 aromatic heterocycles. The molecule has 3 aromatic rings. The van der Waals surface area contributed by atoms with Crippen molar-refractivity contribution in [3.8, 4) is 0 Å². The molecule has 12 heteroatoms. The molecule has 0 aliphatic carbocycles. The fraction of sp³-hybridized carbons (Fsp3) is 0.531. The van der Waals surface area contributed by atoms with Crippen LogP contribution in [0.15, 0.2) is 45.5 Å². The van der Waals surface area contributed by atoms with E-state index in [1.54, 1.807) is 38.2 Å². The number of benzene rings is 1. The van der Waals surface area contributed by atoms with Crippen molar-refractivity contribution in [2.24, 2.45) is 7.05 Å². The van der Waals surface area contributed by atoms with Crippen molar-refractivity contribution in [2.75, 3.05) is 24.6 Å². The topological polar surface area (TPSA) is 130 Å². The summed E-state index contributed by atoms with van der Waals surface area (Å²) >= 11 is 0. The van der Waals surface area contributed by atoms with Crippen LogP contribution in [0.2, 0.25) is 0 Å². The minimum absolute atomic E-state index is 0.161. The zero-order valence-electron chi connectivity index (χ0n) is 26.8. The number of esters is 1. The Labute approximate surface area is 257 Å². The standard InChI is InChI=1S/C32H44N6O6/c1-8-43-28(40)23-13-11-22(12-14-23)16-19-38-27(39)25-26(35(7)31(38)42)34-29(37(25)18-15-21(2)3)36-17-9-10-24(20-36)33-30(41)44-32(4,5)6/h11-15,24H,8-10,16-20H2,1-7H3,(H,33,41)/t24-/m0/s1. The van der Waals surface area contributed by atoms with Crippen LogP contribution in [0, 0.1) is 0 Å². The second kappa shape index (κ2) is 13.5. The van der Waals surface area contributed by atoms with Crippen LogP contribution >= 0.6 is 0 Å². The van der Waals surface area contributed by atoms with Gasteiger partial charge in [0, 0.05) is 39.3 Å². The zero-order valence-corrected chi connectivity index (χ0v) is 26.8. The number of imidazole rings is 1. The van der Waals surface area contributed by atoms with Gasteiger partial charge in [-0.3, -0.25) is 13.9 Å². The van der Waals surface area contributed by atoms with Gasteiger partial charge >= 0.3 is 17.8 Å². The fourth-order valence-corrected chi connectivity index (χ4v) is 5.26. The number of hydrogen-bond donors (Lipinski definition) is 1. The molecule has 44 heavy (non-hydrogen) atoms. The van der Waals surface area contributed by atoms with Crippen LogP contribution in [-0.2, 0) is 36.0 Å². The van der Waals surface area contributed by atoms with Crippen LogP contribution in [0.4, 0.5) is 10.7 Å². The predicted octanol–water partition coefficient (Wildman–Crippen LogP) is 3.78. The second-order valence-corrected chi connectivity index (χ2v) is 12.4. The monoisotopic (exact) mass is 608 g/mol. The van der Waals surface area contributed by atoms with Gasteiger partial charge in [-0.05, 0) is 78.5 Å². The van der Waals surface area contributed by atoms with Crippen molar-refractivity contribution in [1.29, 1.82) is 0 Å². The Morgan fingerprint density at radius 2 is 1.82 bits per heavy atom. The zero-order chi connectivity index (χ0) is 32.2. The molecule has 4 rings (SSSR count). The van der Waals surface area contributed by atoms with Gasteiger partial charge in [-0.1, -0.05) is 23.8 Å². The second-order valence-electron chi connectivity index (χ2n) is 12.4. The summed E-state index contributed by atoms with van der Waals surface area (Å²) in [6.45, 7) is 13.2. The summed E-state index contributed by atoms with van der Waals surface area (Å²) in [4.78, 5) is 58.7. The van der Waals surface area contributed by atoms with Crippen molar-refractivity contribution >= 4 is 29.2 Å². The quantitative estimate of drug-likeness (QED) is 0.287. The molecule has 0 saturated carbocycles. The highest BCUT2D eigenvalue weighted by Crippen LogP contribution is 2.24. The van der Waals surface area contributed by atoms with E-state index in [9.17, 15) is 19.2 Å². The molecule has 1 atom stereocenters. The highest BCUT2D eigenvalue weighted by atomic mass is 16.6. The first-order valence-electron chi connectivity index (χ1n) is 15.1. The Morgan fingerprint density at radius 1 is 1.11 bits per heavy atom. The van der Waals surface area contributed by atoms with Crippen molar-refractivity contribution in [3.05, 3.63) is 67.9 Å². The first-order chi connectivity index (χ1) is 20.8. The molecule has 1 N–H and O–H groups in total. The van der Waals surface area contributed by atoms with Crippen molar-refractivity contribution in [1.82, 2.24) is 24.0 Å². The minimum atomic E-state index is -0.604. The number of allylic oxidation sites excluding steroid dienone is 2. The lowest BCUT2D eigenvalue weighted by molar-refractivity contribution is 0.0496. The summed E-state index contributed by atoms with van der Waals surface area (Å²) in [6, 6.07) is 6.81. The summed E-state index contributed by atoms with van der Waals surface area (Å²) in [5.74, 6) is 0.184. The van der Waals surface area contributed by atoms with Gasteiger partial charge in [0.05, 0.1) is 12.2 Å². The molecular weight excluding hydrogens is 564 g/mol. The van der Waals surface area contributed by atoms with Gasteiger partial charge in [-0.15, -0.1) is 0 Å². The number of carbonyl (C=O) groups is 2. The summed E-state index contributed by atoms with van der Waals surface area (Å²) in [5.41, 5.74) is 1.60. The molecule has 238 valence electrons. The SMILES string of the molecule is CCOC(=O)c1ccc(CCn2c(=O)c3c(nc(N4CCC[C@H](NC(=O)OC(C)(C)C)C4)n3CC=C(C)C)n(C)c2=O)cc1. The number of hydrogen-bond acceptors (Lipinski definition) is 8. The van der Waals surface area contributed by atoms with Gasteiger partial charge in [-0.25, -0.2) is 14.4 Å². The molecule has 0 bridgehead atoms. The van der Waals surface area contributed by atoms with Crippen LogP contribution in [0.25, 0.3) is 11.2 Å². The van der Waals surface area contributed by atoms with Crippen LogP contribution < -0.4 is 21.5 Å². The Hall–Kier alpha value is -4.35. The highest BCUT2D eigenvalue weighted by molar-refractivity contribution is 5.89. The molecule has 1 amide bonds. The molecule has 1 saturated heterocycles. The van der Waals surface area contributed by atoms with E-state index in [1.807, 2.05) is 45.3 Å². The number of carbonyl (C=O) groups excluding carboxylic acids is 2. The lowest BCUT2D eigenvalue weighted by Crippen LogP contribution is -2.49. The van der Waals surface area contributed by atoms with E-state index in [1.165, 1.54) is 9.13 Å². The number of piperidine rings is 1. The van der Waals surface area contributed by atoms with Crippen molar-refractivity contribution < 1.29 is 19.1 Å².